The van der Waals surface area contributed by atoms with Crippen LogP contribution in [0.2, 0.25) is 0 Å². The molecule has 0 saturated heterocycles. The summed E-state index contributed by atoms with van der Waals surface area (Å²) >= 11 is 0. The highest BCUT2D eigenvalue weighted by Crippen LogP contribution is 2.50. The fraction of sp³-hybridized carbons (Fsp3) is 0.348. The third-order valence-electron chi connectivity index (χ3n) is 6.85. The first-order chi connectivity index (χ1) is 16.6. The van der Waals surface area contributed by atoms with Crippen LogP contribution in [0, 0.1) is 0 Å². The van der Waals surface area contributed by atoms with Gasteiger partial charge in [0, 0.05) is 17.4 Å². The first kappa shape index (κ1) is 21.6. The zero-order valence-electron chi connectivity index (χ0n) is 18.8. The summed E-state index contributed by atoms with van der Waals surface area (Å²) in [6.45, 7) is 3.98. The largest absolute Gasteiger partial charge is 0.586 e. The number of fused-ring (bicyclic) bond motifs is 3. The number of hydrogen-bond acceptors (Lipinski definition) is 10. The van der Waals surface area contributed by atoms with Crippen molar-refractivity contribution in [2.45, 2.75) is 50.2 Å². The molecule has 3 aliphatic rings. The minimum atomic E-state index is -3.69. The number of nitrogens with zero attached hydrogens (tertiary/aromatic N) is 3. The lowest BCUT2D eigenvalue weighted by Crippen LogP contribution is -2.62. The van der Waals surface area contributed by atoms with Gasteiger partial charge in [0.25, 0.3) is 0 Å². The maximum absolute atomic E-state index is 13.3. The van der Waals surface area contributed by atoms with E-state index in [1.165, 1.54) is 18.5 Å². The van der Waals surface area contributed by atoms with E-state index in [0.717, 1.165) is 12.1 Å². The molecule has 0 radical (unpaired) electrons. The molecule has 10 nitrogen and oxygen atoms in total. The fourth-order valence-electron chi connectivity index (χ4n) is 4.70. The number of aromatic nitrogens is 3. The van der Waals surface area contributed by atoms with E-state index < -0.39 is 23.5 Å². The van der Waals surface area contributed by atoms with Gasteiger partial charge in [0.2, 0.25) is 11.9 Å². The predicted molar refractivity (Wildman–Crippen MR) is 122 cm³/mol. The summed E-state index contributed by atoms with van der Waals surface area (Å²) in [6, 6.07) is 9.83. The third kappa shape index (κ3) is 3.60. The Morgan fingerprint density at radius 3 is 2.34 bits per heavy atom. The van der Waals surface area contributed by atoms with E-state index in [2.05, 4.69) is 40.4 Å². The molecule has 4 N–H and O–H groups in total. The van der Waals surface area contributed by atoms with Gasteiger partial charge in [-0.25, -0.2) is 9.97 Å². The number of aliphatic hydroxyl groups excluding tert-OH is 1. The Morgan fingerprint density at radius 2 is 1.60 bits per heavy atom. The Balaban J connectivity index is 1.19. The van der Waals surface area contributed by atoms with Crippen LogP contribution < -0.4 is 30.2 Å². The average molecular weight is 484 g/mol. The summed E-state index contributed by atoms with van der Waals surface area (Å²) in [5.41, 5.74) is 0.761. The summed E-state index contributed by atoms with van der Waals surface area (Å²) < 4.78 is 41.7. The molecule has 0 bridgehead atoms. The molecule has 0 spiro atoms. The van der Waals surface area contributed by atoms with Gasteiger partial charge in [-0.05, 0) is 57.0 Å². The van der Waals surface area contributed by atoms with Crippen LogP contribution >= 0.6 is 0 Å². The maximum atomic E-state index is 13.3. The molecule has 182 valence electrons. The maximum Gasteiger partial charge on any atom is 0.586 e. The molecule has 2 aromatic carbocycles. The molecule has 3 unspecified atom stereocenters. The highest BCUT2D eigenvalue weighted by molar-refractivity contribution is 5.70. The zero-order valence-corrected chi connectivity index (χ0v) is 18.8. The Kier molecular flexibility index (Phi) is 4.49. The molecule has 35 heavy (non-hydrogen) atoms. The third-order valence-corrected chi connectivity index (χ3v) is 6.85. The second-order valence-corrected chi connectivity index (χ2v) is 9.14. The molecule has 6 rings (SSSR count). The zero-order chi connectivity index (χ0) is 24.4. The van der Waals surface area contributed by atoms with Gasteiger partial charge in [-0.2, -0.15) is 4.98 Å². The summed E-state index contributed by atoms with van der Waals surface area (Å²) in [4.78, 5) is 12.6. The Hall–Kier alpha value is -3.93. The molecular formula is C23H22F2N6O4. The molecule has 1 aliphatic carbocycles. The molecule has 1 aromatic heterocycles. The van der Waals surface area contributed by atoms with Crippen LogP contribution in [0.3, 0.4) is 0 Å². The topological polar surface area (TPSA) is 123 Å². The first-order valence-corrected chi connectivity index (χ1v) is 11.0. The molecule has 12 heteroatoms. The second kappa shape index (κ2) is 7.28. The van der Waals surface area contributed by atoms with Crippen molar-refractivity contribution in [2.24, 2.45) is 0 Å². The Labute approximate surface area is 198 Å². The van der Waals surface area contributed by atoms with Crippen molar-refractivity contribution in [3.8, 4) is 17.2 Å². The van der Waals surface area contributed by atoms with Crippen molar-refractivity contribution < 1.29 is 28.1 Å². The number of anilines is 5. The van der Waals surface area contributed by atoms with Crippen LogP contribution in [0.1, 0.15) is 26.7 Å². The fourth-order valence-corrected chi connectivity index (χ4v) is 4.70. The predicted octanol–water partition coefficient (Wildman–Crippen LogP) is 4.16. The number of alkyl halides is 2. The number of nitrogens with one attached hydrogen (secondary N) is 3. The molecule has 3 atom stereocenters. The number of hydrogen-bond donors (Lipinski definition) is 4. The number of rotatable bonds is 4. The monoisotopic (exact) mass is 484 g/mol. The number of ether oxygens (including phenoxy) is 3. The molecule has 2 aliphatic heterocycles. The van der Waals surface area contributed by atoms with Crippen LogP contribution in [0.4, 0.5) is 37.7 Å². The summed E-state index contributed by atoms with van der Waals surface area (Å²) in [7, 11) is 0. The standard InChI is InChI=1S/C23H22F2N6O4/c1-21-8-7-18(32)22(21,2)31-14-9-12(3-5-15(14)33-21)28-19-26-11-27-20(30-19)29-13-4-6-16-17(10-13)35-23(24,25)34-16/h3-6,9-11,18,31-32H,7-8H2,1-2H3,(H2,26,27,28,29,30). The van der Waals surface area contributed by atoms with Crippen LogP contribution in [-0.4, -0.2) is 43.6 Å². The highest BCUT2D eigenvalue weighted by Gasteiger charge is 2.58. The van der Waals surface area contributed by atoms with E-state index in [4.69, 9.17) is 4.74 Å². The smallest absolute Gasteiger partial charge is 0.483 e. The molecule has 3 heterocycles. The molecular weight excluding hydrogens is 462 g/mol. The van der Waals surface area contributed by atoms with Crippen LogP contribution in [-0.2, 0) is 0 Å². The van der Waals surface area contributed by atoms with E-state index in [-0.39, 0.29) is 23.4 Å². The van der Waals surface area contributed by atoms with Crippen molar-refractivity contribution >= 4 is 29.0 Å². The van der Waals surface area contributed by atoms with E-state index >= 15 is 0 Å². The molecule has 1 saturated carbocycles. The lowest BCUT2D eigenvalue weighted by molar-refractivity contribution is -0.286. The van der Waals surface area contributed by atoms with Crippen molar-refractivity contribution in [1.29, 1.82) is 0 Å². The van der Waals surface area contributed by atoms with E-state index in [0.29, 0.717) is 23.5 Å². The number of aliphatic hydroxyl groups is 1. The molecule has 0 amide bonds. The lowest BCUT2D eigenvalue weighted by atomic mass is 9.82. The van der Waals surface area contributed by atoms with Crippen molar-refractivity contribution in [3.05, 3.63) is 42.7 Å². The Morgan fingerprint density at radius 1 is 0.943 bits per heavy atom. The molecule has 1 fully saturated rings. The van der Waals surface area contributed by atoms with E-state index in [1.54, 1.807) is 6.07 Å². The summed E-state index contributed by atoms with van der Waals surface area (Å²) in [5, 5.41) is 20.1. The van der Waals surface area contributed by atoms with Crippen LogP contribution in [0.5, 0.6) is 17.2 Å². The van der Waals surface area contributed by atoms with Crippen molar-refractivity contribution in [3.63, 3.8) is 0 Å². The minimum Gasteiger partial charge on any atom is -0.483 e. The number of benzene rings is 2. The normalized spacial score (nSPS) is 27.3. The van der Waals surface area contributed by atoms with Gasteiger partial charge < -0.3 is 35.3 Å². The van der Waals surface area contributed by atoms with Gasteiger partial charge in [0.1, 0.15) is 23.2 Å². The number of halogens is 2. The Bertz CT molecular complexity index is 1330. The van der Waals surface area contributed by atoms with Gasteiger partial charge in [-0.1, -0.05) is 0 Å². The second-order valence-electron chi connectivity index (χ2n) is 9.14. The SMILES string of the molecule is CC12CCC(O)C1(C)Nc1cc(Nc3ncnc(Nc4ccc5c(c4)OC(F)(F)O5)n3)ccc1O2. The van der Waals surface area contributed by atoms with Gasteiger partial charge >= 0.3 is 6.29 Å². The highest BCUT2D eigenvalue weighted by atomic mass is 19.3. The van der Waals surface area contributed by atoms with Gasteiger partial charge in [-0.15, -0.1) is 8.78 Å². The minimum absolute atomic E-state index is 0.0529. The first-order valence-electron chi connectivity index (χ1n) is 11.0. The van der Waals surface area contributed by atoms with Crippen molar-refractivity contribution in [1.82, 2.24) is 15.0 Å². The van der Waals surface area contributed by atoms with Crippen molar-refractivity contribution in [2.75, 3.05) is 16.0 Å². The summed E-state index contributed by atoms with van der Waals surface area (Å²) in [5.74, 6) is 1.03. The summed E-state index contributed by atoms with van der Waals surface area (Å²) in [6.07, 6.45) is -1.49. The van der Waals surface area contributed by atoms with E-state index in [1.807, 2.05) is 32.0 Å². The van der Waals surface area contributed by atoms with Gasteiger partial charge in [0.05, 0.1) is 11.8 Å². The molecule has 3 aromatic rings. The average Bonchev–Trinajstić information content (AvgIpc) is 3.23. The van der Waals surface area contributed by atoms with Crippen LogP contribution in [0.15, 0.2) is 42.7 Å². The van der Waals surface area contributed by atoms with E-state index in [9.17, 15) is 13.9 Å². The quantitative estimate of drug-likeness (QED) is 0.429. The lowest BCUT2D eigenvalue weighted by Gasteiger charge is -2.48. The van der Waals surface area contributed by atoms with Gasteiger partial charge in [0.15, 0.2) is 11.5 Å². The van der Waals surface area contributed by atoms with Gasteiger partial charge in [-0.3, -0.25) is 0 Å². The van der Waals surface area contributed by atoms with Crippen LogP contribution in [0.25, 0.3) is 0 Å².